The molecule has 1 aromatic carbocycles. The molecule has 0 amide bonds. The molecular weight excluding hydrogens is 334 g/mol. The Morgan fingerprint density at radius 2 is 2.00 bits per heavy atom. The van der Waals surface area contributed by atoms with Crippen LogP contribution in [-0.2, 0) is 10.0 Å². The first-order valence-corrected chi connectivity index (χ1v) is 8.66. The normalized spacial score (nSPS) is 13.2. The standard InChI is InChI=1S/C15H19N3O5S/c1-11-12(18(19)20)6-4-8-15(11)24(21,22)16-10-13(17(2)3)14-7-5-9-23-14/h4-9,13,16H,10H2,1-3H3. The minimum atomic E-state index is -3.89. The summed E-state index contributed by atoms with van der Waals surface area (Å²) >= 11 is 0. The Hall–Kier alpha value is -2.23. The molecule has 2 aromatic rings. The highest BCUT2D eigenvalue weighted by atomic mass is 32.2. The van der Waals surface area contributed by atoms with Gasteiger partial charge in [-0.2, -0.15) is 0 Å². The first kappa shape index (κ1) is 18.1. The quantitative estimate of drug-likeness (QED) is 0.603. The number of rotatable bonds is 7. The number of nitrogens with zero attached hydrogens (tertiary/aromatic N) is 2. The Labute approximate surface area is 140 Å². The molecule has 0 aliphatic heterocycles. The molecule has 0 bridgehead atoms. The number of furan rings is 1. The Bertz CT molecular complexity index is 816. The smallest absolute Gasteiger partial charge is 0.273 e. The molecule has 0 fully saturated rings. The van der Waals surface area contributed by atoms with Crippen LogP contribution in [0.25, 0.3) is 0 Å². The Balaban J connectivity index is 2.26. The van der Waals surface area contributed by atoms with Crippen molar-refractivity contribution in [2.45, 2.75) is 17.9 Å². The predicted molar refractivity (Wildman–Crippen MR) is 88.2 cm³/mol. The fourth-order valence-corrected chi connectivity index (χ4v) is 3.67. The van der Waals surface area contributed by atoms with Crippen molar-refractivity contribution in [3.63, 3.8) is 0 Å². The fraction of sp³-hybridized carbons (Fsp3) is 0.333. The lowest BCUT2D eigenvalue weighted by molar-refractivity contribution is -0.385. The molecule has 1 N–H and O–H groups in total. The predicted octanol–water partition coefficient (Wildman–Crippen LogP) is 2.08. The summed E-state index contributed by atoms with van der Waals surface area (Å²) in [6.07, 6.45) is 1.52. The largest absolute Gasteiger partial charge is 0.468 e. The van der Waals surface area contributed by atoms with Crippen LogP contribution in [0.3, 0.4) is 0 Å². The van der Waals surface area contributed by atoms with Gasteiger partial charge in [-0.05, 0) is 39.2 Å². The van der Waals surface area contributed by atoms with Gasteiger partial charge in [0, 0.05) is 18.2 Å². The molecule has 2 rings (SSSR count). The fourth-order valence-electron chi connectivity index (χ4n) is 2.38. The van der Waals surface area contributed by atoms with Crippen LogP contribution in [0.4, 0.5) is 5.69 Å². The van der Waals surface area contributed by atoms with Gasteiger partial charge in [-0.25, -0.2) is 13.1 Å². The molecule has 1 unspecified atom stereocenters. The topological polar surface area (TPSA) is 106 Å². The molecule has 1 atom stereocenters. The summed E-state index contributed by atoms with van der Waals surface area (Å²) in [6, 6.07) is 7.18. The van der Waals surface area contributed by atoms with E-state index in [0.29, 0.717) is 5.76 Å². The van der Waals surface area contributed by atoms with E-state index in [1.807, 2.05) is 4.90 Å². The van der Waals surface area contributed by atoms with Crippen LogP contribution in [0.5, 0.6) is 0 Å². The maximum Gasteiger partial charge on any atom is 0.273 e. The molecule has 130 valence electrons. The van der Waals surface area contributed by atoms with Gasteiger partial charge in [0.25, 0.3) is 5.69 Å². The molecule has 0 radical (unpaired) electrons. The number of sulfonamides is 1. The monoisotopic (exact) mass is 353 g/mol. The van der Waals surface area contributed by atoms with Crippen molar-refractivity contribution in [3.8, 4) is 0 Å². The first-order chi connectivity index (χ1) is 11.2. The van der Waals surface area contributed by atoms with E-state index in [9.17, 15) is 18.5 Å². The van der Waals surface area contributed by atoms with Crippen LogP contribution in [0.1, 0.15) is 17.4 Å². The summed E-state index contributed by atoms with van der Waals surface area (Å²) < 4.78 is 32.9. The molecule has 9 heteroatoms. The van der Waals surface area contributed by atoms with Gasteiger partial charge in [-0.3, -0.25) is 15.0 Å². The third kappa shape index (κ3) is 3.81. The second-order valence-electron chi connectivity index (χ2n) is 5.50. The van der Waals surface area contributed by atoms with Gasteiger partial charge >= 0.3 is 0 Å². The van der Waals surface area contributed by atoms with E-state index in [2.05, 4.69) is 4.72 Å². The van der Waals surface area contributed by atoms with Crippen LogP contribution in [0.15, 0.2) is 45.9 Å². The summed E-state index contributed by atoms with van der Waals surface area (Å²) in [6.45, 7) is 1.49. The number of hydrogen-bond donors (Lipinski definition) is 1. The highest BCUT2D eigenvalue weighted by molar-refractivity contribution is 7.89. The van der Waals surface area contributed by atoms with Gasteiger partial charge in [-0.1, -0.05) is 6.07 Å². The van der Waals surface area contributed by atoms with Crippen molar-refractivity contribution >= 4 is 15.7 Å². The van der Waals surface area contributed by atoms with E-state index in [1.54, 1.807) is 26.2 Å². The van der Waals surface area contributed by atoms with Crippen LogP contribution in [-0.4, -0.2) is 38.9 Å². The highest BCUT2D eigenvalue weighted by Gasteiger charge is 2.25. The van der Waals surface area contributed by atoms with E-state index in [1.165, 1.54) is 31.4 Å². The van der Waals surface area contributed by atoms with Crippen molar-refractivity contribution in [3.05, 3.63) is 58.0 Å². The van der Waals surface area contributed by atoms with Crippen molar-refractivity contribution in [2.75, 3.05) is 20.6 Å². The van der Waals surface area contributed by atoms with Gasteiger partial charge < -0.3 is 4.42 Å². The minimum Gasteiger partial charge on any atom is -0.468 e. The summed E-state index contributed by atoms with van der Waals surface area (Å²) in [4.78, 5) is 12.1. The summed E-state index contributed by atoms with van der Waals surface area (Å²) in [5, 5.41) is 11.0. The molecule has 0 saturated heterocycles. The van der Waals surface area contributed by atoms with Gasteiger partial charge in [0.1, 0.15) is 5.76 Å². The molecule has 0 spiro atoms. The van der Waals surface area contributed by atoms with E-state index in [-0.39, 0.29) is 28.7 Å². The van der Waals surface area contributed by atoms with Gasteiger partial charge in [0.05, 0.1) is 22.1 Å². The molecule has 1 aromatic heterocycles. The average molecular weight is 353 g/mol. The molecule has 0 aliphatic carbocycles. The van der Waals surface area contributed by atoms with E-state index >= 15 is 0 Å². The highest BCUT2D eigenvalue weighted by Crippen LogP contribution is 2.25. The van der Waals surface area contributed by atoms with Crippen LogP contribution in [0.2, 0.25) is 0 Å². The second-order valence-corrected chi connectivity index (χ2v) is 7.24. The van der Waals surface area contributed by atoms with Crippen LogP contribution in [0, 0.1) is 17.0 Å². The van der Waals surface area contributed by atoms with Crippen molar-refractivity contribution in [1.29, 1.82) is 0 Å². The van der Waals surface area contributed by atoms with Crippen molar-refractivity contribution < 1.29 is 17.8 Å². The molecular formula is C15H19N3O5S. The number of nitrogens with one attached hydrogen (secondary N) is 1. The lowest BCUT2D eigenvalue weighted by Crippen LogP contribution is -2.34. The lowest BCUT2D eigenvalue weighted by atomic mass is 10.2. The zero-order valence-corrected chi connectivity index (χ0v) is 14.4. The Kier molecular flexibility index (Phi) is 5.37. The molecule has 1 heterocycles. The van der Waals surface area contributed by atoms with E-state index in [4.69, 9.17) is 4.42 Å². The lowest BCUT2D eigenvalue weighted by Gasteiger charge is -2.22. The van der Waals surface area contributed by atoms with Crippen molar-refractivity contribution in [2.24, 2.45) is 0 Å². The van der Waals surface area contributed by atoms with Gasteiger partial charge in [-0.15, -0.1) is 0 Å². The average Bonchev–Trinajstić information content (AvgIpc) is 3.00. The number of nitro benzene ring substituents is 1. The molecule has 8 nitrogen and oxygen atoms in total. The van der Waals surface area contributed by atoms with E-state index < -0.39 is 14.9 Å². The third-order valence-electron chi connectivity index (χ3n) is 3.70. The Morgan fingerprint density at radius 1 is 1.29 bits per heavy atom. The van der Waals surface area contributed by atoms with E-state index in [0.717, 1.165) is 0 Å². The second kappa shape index (κ2) is 7.12. The summed E-state index contributed by atoms with van der Waals surface area (Å²) in [5.74, 6) is 0.624. The first-order valence-electron chi connectivity index (χ1n) is 7.17. The Morgan fingerprint density at radius 3 is 2.54 bits per heavy atom. The molecule has 24 heavy (non-hydrogen) atoms. The number of hydrogen-bond acceptors (Lipinski definition) is 6. The summed E-state index contributed by atoms with van der Waals surface area (Å²) in [5.41, 5.74) is -0.123. The molecule has 0 saturated carbocycles. The number of nitro groups is 1. The SMILES string of the molecule is Cc1c([N+](=O)[O-])cccc1S(=O)(=O)NCC(c1ccco1)N(C)C. The van der Waals surface area contributed by atoms with Gasteiger partial charge in [0.2, 0.25) is 10.0 Å². The maximum absolute atomic E-state index is 12.5. The van der Waals surface area contributed by atoms with Crippen LogP contribution < -0.4 is 4.72 Å². The molecule has 0 aliphatic rings. The maximum atomic E-state index is 12.5. The zero-order valence-electron chi connectivity index (χ0n) is 13.6. The van der Waals surface area contributed by atoms with Crippen LogP contribution >= 0.6 is 0 Å². The minimum absolute atomic E-state index is 0.0744. The van der Waals surface area contributed by atoms with Crippen molar-refractivity contribution in [1.82, 2.24) is 9.62 Å². The third-order valence-corrected chi connectivity index (χ3v) is 5.27. The summed E-state index contributed by atoms with van der Waals surface area (Å²) in [7, 11) is -0.278. The number of likely N-dealkylation sites (N-methyl/N-ethyl adjacent to an activating group) is 1. The zero-order chi connectivity index (χ0) is 17.9. The van der Waals surface area contributed by atoms with Gasteiger partial charge in [0.15, 0.2) is 0 Å². The number of benzene rings is 1.